The Kier molecular flexibility index (Phi) is 5.08. The first-order valence-electron chi connectivity index (χ1n) is 9.90. The van der Waals surface area contributed by atoms with Gasteiger partial charge in [0.2, 0.25) is 0 Å². The van der Waals surface area contributed by atoms with Crippen LogP contribution in [0.3, 0.4) is 0 Å². The van der Waals surface area contributed by atoms with Crippen molar-refractivity contribution in [1.29, 1.82) is 5.26 Å². The molecule has 4 aromatic carbocycles. The molecule has 0 atom stereocenters. The van der Waals surface area contributed by atoms with E-state index >= 15 is 0 Å². The van der Waals surface area contributed by atoms with Crippen molar-refractivity contribution < 1.29 is 4.79 Å². The van der Waals surface area contributed by atoms with Gasteiger partial charge in [0.1, 0.15) is 11.6 Å². The van der Waals surface area contributed by atoms with Crippen LogP contribution in [0.25, 0.3) is 27.6 Å². The van der Waals surface area contributed by atoms with E-state index in [1.165, 1.54) is 5.56 Å². The molecule has 4 aromatic rings. The van der Waals surface area contributed by atoms with E-state index in [0.29, 0.717) is 0 Å². The molecule has 4 rings (SSSR count). The second-order valence-electron chi connectivity index (χ2n) is 7.57. The monoisotopic (exact) mass is 390 g/mol. The van der Waals surface area contributed by atoms with Crippen LogP contribution in [0.5, 0.6) is 0 Å². The van der Waals surface area contributed by atoms with E-state index < -0.39 is 5.91 Å². The zero-order valence-electron chi connectivity index (χ0n) is 17.3. The van der Waals surface area contributed by atoms with Crippen LogP contribution in [0.1, 0.15) is 22.3 Å². The summed E-state index contributed by atoms with van der Waals surface area (Å²) < 4.78 is 0. The molecule has 1 amide bonds. The summed E-state index contributed by atoms with van der Waals surface area (Å²) in [6.45, 7) is 6.02. The third-order valence-electron chi connectivity index (χ3n) is 5.54. The van der Waals surface area contributed by atoms with Gasteiger partial charge in [-0.1, -0.05) is 60.7 Å². The predicted molar refractivity (Wildman–Crippen MR) is 124 cm³/mol. The van der Waals surface area contributed by atoms with Crippen LogP contribution < -0.4 is 5.32 Å². The Labute approximate surface area is 176 Å². The highest BCUT2D eigenvalue weighted by Crippen LogP contribution is 2.34. The molecule has 3 heteroatoms. The van der Waals surface area contributed by atoms with Gasteiger partial charge in [0.15, 0.2) is 0 Å². The zero-order valence-corrected chi connectivity index (χ0v) is 17.3. The van der Waals surface area contributed by atoms with Crippen molar-refractivity contribution in [2.24, 2.45) is 0 Å². The number of benzene rings is 4. The van der Waals surface area contributed by atoms with E-state index in [1.807, 2.05) is 68.4 Å². The maximum Gasteiger partial charge on any atom is 0.266 e. The number of aryl methyl sites for hydroxylation is 3. The molecule has 30 heavy (non-hydrogen) atoms. The van der Waals surface area contributed by atoms with Crippen LogP contribution in [-0.4, -0.2) is 5.91 Å². The number of nitrogens with zero attached hydrogens (tertiary/aromatic N) is 1. The summed E-state index contributed by atoms with van der Waals surface area (Å²) in [6, 6.07) is 24.2. The van der Waals surface area contributed by atoms with Gasteiger partial charge in [-0.3, -0.25) is 4.79 Å². The third-order valence-corrected chi connectivity index (χ3v) is 5.54. The molecule has 0 aromatic heterocycles. The number of amides is 1. The molecule has 0 saturated heterocycles. The Morgan fingerprint density at radius 1 is 0.867 bits per heavy atom. The van der Waals surface area contributed by atoms with Gasteiger partial charge in [-0.05, 0) is 76.7 Å². The summed E-state index contributed by atoms with van der Waals surface area (Å²) in [5, 5.41) is 17.0. The third kappa shape index (κ3) is 3.44. The van der Waals surface area contributed by atoms with Crippen molar-refractivity contribution in [3.63, 3.8) is 0 Å². The number of hydrogen-bond donors (Lipinski definition) is 1. The normalized spacial score (nSPS) is 11.5. The Morgan fingerprint density at radius 2 is 1.43 bits per heavy atom. The Bertz CT molecular complexity index is 1320. The molecule has 0 spiro atoms. The highest BCUT2D eigenvalue weighted by molar-refractivity contribution is 6.15. The van der Waals surface area contributed by atoms with Crippen LogP contribution in [0, 0.1) is 32.1 Å². The number of rotatable bonds is 3. The molecule has 3 nitrogen and oxygen atoms in total. The Morgan fingerprint density at radius 3 is 2.00 bits per heavy atom. The first-order valence-corrected chi connectivity index (χ1v) is 9.90. The molecular formula is C27H22N2O. The average Bonchev–Trinajstić information content (AvgIpc) is 2.76. The van der Waals surface area contributed by atoms with Crippen LogP contribution in [-0.2, 0) is 4.79 Å². The van der Waals surface area contributed by atoms with E-state index in [-0.39, 0.29) is 5.57 Å². The largest absolute Gasteiger partial charge is 0.321 e. The van der Waals surface area contributed by atoms with E-state index in [1.54, 1.807) is 6.08 Å². The predicted octanol–water partition coefficient (Wildman–Crippen LogP) is 6.46. The lowest BCUT2D eigenvalue weighted by molar-refractivity contribution is -0.112. The average molecular weight is 390 g/mol. The fourth-order valence-electron chi connectivity index (χ4n) is 3.89. The highest BCUT2D eigenvalue weighted by Gasteiger charge is 2.15. The first-order chi connectivity index (χ1) is 14.5. The molecule has 0 saturated carbocycles. The van der Waals surface area contributed by atoms with Crippen molar-refractivity contribution in [2.75, 3.05) is 5.32 Å². The van der Waals surface area contributed by atoms with Crippen LogP contribution in [0.15, 0.2) is 72.3 Å². The summed E-state index contributed by atoms with van der Waals surface area (Å²) in [5.41, 5.74) is 4.89. The highest BCUT2D eigenvalue weighted by atomic mass is 16.1. The van der Waals surface area contributed by atoms with Crippen LogP contribution in [0.2, 0.25) is 0 Å². The number of fused-ring (bicyclic) bond motifs is 2. The molecule has 0 aliphatic rings. The minimum Gasteiger partial charge on any atom is -0.321 e. The lowest BCUT2D eigenvalue weighted by Gasteiger charge is -2.13. The maximum absolute atomic E-state index is 12.9. The molecule has 1 N–H and O–H groups in total. The first kappa shape index (κ1) is 19.4. The SMILES string of the molecule is Cc1ccc(C)c(NC(=O)/C(C#N)=C\c2c3ccccc3c(C)c3ccccc23)c1. The van der Waals surface area contributed by atoms with Crippen LogP contribution in [0.4, 0.5) is 5.69 Å². The second kappa shape index (κ2) is 7.85. The van der Waals surface area contributed by atoms with Gasteiger partial charge in [0.05, 0.1) is 0 Å². The van der Waals surface area contributed by atoms with E-state index in [4.69, 9.17) is 0 Å². The quantitative estimate of drug-likeness (QED) is 0.248. The number of carbonyl (C=O) groups excluding carboxylic acids is 1. The summed E-state index contributed by atoms with van der Waals surface area (Å²) in [6.07, 6.45) is 1.71. The number of nitrogens with one attached hydrogen (secondary N) is 1. The summed E-state index contributed by atoms with van der Waals surface area (Å²) in [7, 11) is 0. The lowest BCUT2D eigenvalue weighted by atomic mass is 9.91. The molecule has 0 fully saturated rings. The fraction of sp³-hybridized carbons (Fsp3) is 0.111. The van der Waals surface area contributed by atoms with Crippen molar-refractivity contribution in [2.45, 2.75) is 20.8 Å². The van der Waals surface area contributed by atoms with Crippen molar-refractivity contribution in [3.8, 4) is 6.07 Å². The van der Waals surface area contributed by atoms with Crippen molar-refractivity contribution in [1.82, 2.24) is 0 Å². The summed E-state index contributed by atoms with van der Waals surface area (Å²) in [4.78, 5) is 12.9. The molecule has 146 valence electrons. The van der Waals surface area contributed by atoms with Gasteiger partial charge in [-0.25, -0.2) is 0 Å². The number of carbonyl (C=O) groups is 1. The Balaban J connectivity index is 1.88. The lowest BCUT2D eigenvalue weighted by Crippen LogP contribution is -2.14. The molecule has 0 heterocycles. The fourth-order valence-corrected chi connectivity index (χ4v) is 3.89. The number of nitriles is 1. The zero-order chi connectivity index (χ0) is 21.3. The minimum absolute atomic E-state index is 0.0788. The topological polar surface area (TPSA) is 52.9 Å². The number of hydrogen-bond acceptors (Lipinski definition) is 2. The van der Waals surface area contributed by atoms with Gasteiger partial charge in [-0.2, -0.15) is 5.26 Å². The maximum atomic E-state index is 12.9. The van der Waals surface area contributed by atoms with E-state index in [9.17, 15) is 10.1 Å². The van der Waals surface area contributed by atoms with Gasteiger partial charge >= 0.3 is 0 Å². The Hall–Kier alpha value is -3.90. The van der Waals surface area contributed by atoms with E-state index in [0.717, 1.165) is 43.9 Å². The molecule has 0 unspecified atom stereocenters. The second-order valence-corrected chi connectivity index (χ2v) is 7.57. The van der Waals surface area contributed by atoms with E-state index in [2.05, 4.69) is 30.4 Å². The molecule has 0 radical (unpaired) electrons. The smallest absolute Gasteiger partial charge is 0.266 e. The van der Waals surface area contributed by atoms with Gasteiger partial charge in [0, 0.05) is 5.69 Å². The molecule has 0 bridgehead atoms. The standard InChI is InChI=1S/C27H22N2O/c1-17-12-13-18(2)26(14-17)29-27(30)20(16-28)15-25-23-10-6-4-8-21(23)19(3)22-9-5-7-11-24(22)25/h4-15H,1-3H3,(H,29,30)/b20-15-. The van der Waals surface area contributed by atoms with Gasteiger partial charge in [0.25, 0.3) is 5.91 Å². The summed E-state index contributed by atoms with van der Waals surface area (Å²) >= 11 is 0. The van der Waals surface area contributed by atoms with Crippen LogP contribution >= 0.6 is 0 Å². The van der Waals surface area contributed by atoms with Gasteiger partial charge < -0.3 is 5.32 Å². The molecular weight excluding hydrogens is 368 g/mol. The minimum atomic E-state index is -0.403. The van der Waals surface area contributed by atoms with Crippen molar-refractivity contribution in [3.05, 3.63) is 94.6 Å². The molecule has 0 aliphatic heterocycles. The number of anilines is 1. The van der Waals surface area contributed by atoms with Gasteiger partial charge in [-0.15, -0.1) is 0 Å². The summed E-state index contributed by atoms with van der Waals surface area (Å²) in [5.74, 6) is -0.403. The van der Waals surface area contributed by atoms with Crippen molar-refractivity contribution >= 4 is 39.2 Å². The molecule has 0 aliphatic carbocycles.